The summed E-state index contributed by atoms with van der Waals surface area (Å²) in [5, 5.41) is 0. The van der Waals surface area contributed by atoms with Crippen molar-refractivity contribution < 1.29 is 35.9 Å². The van der Waals surface area contributed by atoms with Crippen molar-refractivity contribution in [1.82, 2.24) is 0 Å². The molecule has 0 bridgehead atoms. The Morgan fingerprint density at radius 2 is 1.50 bits per heavy atom. The van der Waals surface area contributed by atoms with Crippen molar-refractivity contribution in [2.24, 2.45) is 11.5 Å². The maximum Gasteiger partial charge on any atom is 0.423 e. The molecule has 0 saturated carbocycles. The molecule has 0 aromatic carbocycles. The van der Waals surface area contributed by atoms with Gasteiger partial charge in [0.05, 0.1) is 6.61 Å². The van der Waals surface area contributed by atoms with Crippen molar-refractivity contribution in [3.8, 4) is 0 Å². The average Bonchev–Trinajstić information content (AvgIpc) is 1.98. The number of carbonyl (C=O) groups is 1. The summed E-state index contributed by atoms with van der Waals surface area (Å²) in [6, 6.07) is -1.73. The van der Waals surface area contributed by atoms with Gasteiger partial charge >= 0.3 is 12.4 Å². The number of nitrogens with two attached hydrogens (primary N) is 2. The molecule has 0 aromatic heterocycles. The minimum Gasteiger partial charge on any atom is -0.368 e. The number of carbonyl (C=O) groups excluding carboxylic acids is 1. The third-order valence-electron chi connectivity index (χ3n) is 1.40. The Bertz CT molecular complexity index is 236. The van der Waals surface area contributed by atoms with Gasteiger partial charge in [-0.2, -0.15) is 26.3 Å². The fourth-order valence-electron chi connectivity index (χ4n) is 0.657. The maximum absolute atomic E-state index is 11.9. The first-order valence-electron chi connectivity index (χ1n) is 3.76. The van der Waals surface area contributed by atoms with Crippen LogP contribution in [0.15, 0.2) is 0 Å². The Morgan fingerprint density at radius 1 is 1.12 bits per heavy atom. The van der Waals surface area contributed by atoms with Crippen molar-refractivity contribution in [2.45, 2.75) is 24.5 Å². The van der Waals surface area contributed by atoms with E-state index in [2.05, 4.69) is 10.5 Å². The Labute approximate surface area is 85.5 Å². The smallest absolute Gasteiger partial charge is 0.368 e. The van der Waals surface area contributed by atoms with Crippen LogP contribution in [0.3, 0.4) is 0 Å². The number of halogens is 6. The van der Waals surface area contributed by atoms with Crippen LogP contribution in [0.1, 0.15) is 0 Å². The van der Waals surface area contributed by atoms with Crippen LogP contribution < -0.4 is 11.5 Å². The minimum atomic E-state index is -5.63. The second-order valence-corrected chi connectivity index (χ2v) is 2.81. The number of amides is 1. The molecule has 0 saturated heterocycles. The fraction of sp³-hybridized carbons (Fsp3) is 0.833. The summed E-state index contributed by atoms with van der Waals surface area (Å²) in [6.07, 6.45) is -15.2. The van der Waals surface area contributed by atoms with Gasteiger partial charge in [-0.15, -0.1) is 0 Å². The molecule has 0 radical (unpaired) electrons. The molecule has 10 heteroatoms. The normalized spacial score (nSPS) is 15.2. The Morgan fingerprint density at radius 3 is 1.75 bits per heavy atom. The van der Waals surface area contributed by atoms with E-state index in [-0.39, 0.29) is 0 Å². The van der Waals surface area contributed by atoms with E-state index in [1.165, 1.54) is 0 Å². The quantitative estimate of drug-likeness (QED) is 0.708. The van der Waals surface area contributed by atoms with E-state index >= 15 is 0 Å². The molecule has 0 aliphatic heterocycles. The SMILES string of the molecule is NC(=O)C(N)COC(C(F)(F)F)C(F)(F)F. The standard InChI is InChI=1S/C6H8F6N2O2/c7-5(8,9)4(6(10,11)12)16-1-2(13)3(14)15/h2,4H,1,13H2,(H2,14,15). The number of rotatable bonds is 4. The largest absolute Gasteiger partial charge is 0.423 e. The molecule has 0 aliphatic rings. The van der Waals surface area contributed by atoms with Gasteiger partial charge in [0, 0.05) is 0 Å². The summed E-state index contributed by atoms with van der Waals surface area (Å²) >= 11 is 0. The summed E-state index contributed by atoms with van der Waals surface area (Å²) < 4.78 is 74.7. The maximum atomic E-state index is 11.9. The molecule has 0 rings (SSSR count). The summed E-state index contributed by atoms with van der Waals surface area (Å²) in [4.78, 5) is 10.3. The number of hydrogen-bond donors (Lipinski definition) is 2. The third-order valence-corrected chi connectivity index (χ3v) is 1.40. The van der Waals surface area contributed by atoms with Gasteiger partial charge in [0.2, 0.25) is 12.0 Å². The molecule has 0 aliphatic carbocycles. The molecule has 0 spiro atoms. The van der Waals surface area contributed by atoms with E-state index in [0.29, 0.717) is 0 Å². The highest BCUT2D eigenvalue weighted by molar-refractivity contribution is 5.79. The summed E-state index contributed by atoms with van der Waals surface area (Å²) in [5.74, 6) is -1.26. The van der Waals surface area contributed by atoms with Crippen LogP contribution in [0.5, 0.6) is 0 Å². The first-order chi connectivity index (χ1) is 6.96. The van der Waals surface area contributed by atoms with E-state index in [0.717, 1.165) is 0 Å². The average molecular weight is 254 g/mol. The molecular formula is C6H8F6N2O2. The molecular weight excluding hydrogens is 246 g/mol. The highest BCUT2D eigenvalue weighted by Crippen LogP contribution is 2.35. The third kappa shape index (κ3) is 4.66. The van der Waals surface area contributed by atoms with E-state index in [4.69, 9.17) is 5.73 Å². The van der Waals surface area contributed by atoms with Crippen molar-refractivity contribution in [3.63, 3.8) is 0 Å². The van der Waals surface area contributed by atoms with Gasteiger partial charge < -0.3 is 16.2 Å². The van der Waals surface area contributed by atoms with Crippen LogP contribution in [0.2, 0.25) is 0 Å². The van der Waals surface area contributed by atoms with Crippen LogP contribution in [0.4, 0.5) is 26.3 Å². The number of primary amides is 1. The molecule has 0 fully saturated rings. The van der Waals surface area contributed by atoms with Crippen LogP contribution in [0.25, 0.3) is 0 Å². The zero-order valence-electron chi connectivity index (χ0n) is 7.60. The van der Waals surface area contributed by atoms with E-state index in [9.17, 15) is 31.1 Å². The van der Waals surface area contributed by atoms with Crippen LogP contribution >= 0.6 is 0 Å². The summed E-state index contributed by atoms with van der Waals surface area (Å²) in [5.41, 5.74) is 9.35. The second kappa shape index (κ2) is 4.87. The van der Waals surface area contributed by atoms with Crippen molar-refractivity contribution >= 4 is 5.91 Å². The lowest BCUT2D eigenvalue weighted by molar-refractivity contribution is -0.322. The minimum absolute atomic E-state index is 1.26. The topological polar surface area (TPSA) is 78.3 Å². The summed E-state index contributed by atoms with van der Waals surface area (Å²) in [6.45, 7) is -1.26. The van der Waals surface area contributed by atoms with Crippen LogP contribution in [0, 0.1) is 0 Å². The van der Waals surface area contributed by atoms with Gasteiger partial charge in [-0.25, -0.2) is 0 Å². The van der Waals surface area contributed by atoms with Crippen molar-refractivity contribution in [2.75, 3.05) is 6.61 Å². The van der Waals surface area contributed by atoms with Gasteiger partial charge in [0.15, 0.2) is 0 Å². The van der Waals surface area contributed by atoms with E-state index in [1.54, 1.807) is 0 Å². The first-order valence-corrected chi connectivity index (χ1v) is 3.76. The molecule has 0 aromatic rings. The predicted molar refractivity (Wildman–Crippen MR) is 39.0 cm³/mol. The van der Waals surface area contributed by atoms with Gasteiger partial charge in [-0.05, 0) is 0 Å². The number of hydrogen-bond acceptors (Lipinski definition) is 3. The van der Waals surface area contributed by atoms with Crippen LogP contribution in [-0.4, -0.2) is 37.0 Å². The van der Waals surface area contributed by atoms with Gasteiger partial charge in [-0.3, -0.25) is 4.79 Å². The highest BCUT2D eigenvalue weighted by atomic mass is 19.4. The fourth-order valence-corrected chi connectivity index (χ4v) is 0.657. The predicted octanol–water partition coefficient (Wildman–Crippen LogP) is 0.309. The lowest BCUT2D eigenvalue weighted by Crippen LogP contribution is -2.48. The monoisotopic (exact) mass is 254 g/mol. The zero-order valence-corrected chi connectivity index (χ0v) is 7.60. The van der Waals surface area contributed by atoms with E-state index < -0.39 is 37.0 Å². The Kier molecular flexibility index (Phi) is 4.56. The van der Waals surface area contributed by atoms with E-state index in [1.807, 2.05) is 0 Å². The number of ether oxygens (including phenoxy) is 1. The van der Waals surface area contributed by atoms with Crippen molar-refractivity contribution in [3.05, 3.63) is 0 Å². The van der Waals surface area contributed by atoms with Crippen LogP contribution in [-0.2, 0) is 9.53 Å². The second-order valence-electron chi connectivity index (χ2n) is 2.81. The van der Waals surface area contributed by atoms with Gasteiger partial charge in [0.25, 0.3) is 0 Å². The molecule has 4 N–H and O–H groups in total. The molecule has 16 heavy (non-hydrogen) atoms. The lowest BCUT2D eigenvalue weighted by Gasteiger charge is -2.23. The number of alkyl halides is 6. The lowest BCUT2D eigenvalue weighted by atomic mass is 10.3. The molecule has 1 unspecified atom stereocenters. The molecule has 4 nitrogen and oxygen atoms in total. The van der Waals surface area contributed by atoms with Crippen molar-refractivity contribution in [1.29, 1.82) is 0 Å². The molecule has 1 amide bonds. The molecule has 96 valence electrons. The molecule has 0 heterocycles. The highest BCUT2D eigenvalue weighted by Gasteiger charge is 2.58. The Hall–Kier alpha value is -1.03. The zero-order chi connectivity index (χ0) is 13.1. The Balaban J connectivity index is 4.54. The first kappa shape index (κ1) is 15.0. The summed E-state index contributed by atoms with van der Waals surface area (Å²) in [7, 11) is 0. The van der Waals surface area contributed by atoms with Gasteiger partial charge in [-0.1, -0.05) is 0 Å². The molecule has 1 atom stereocenters. The van der Waals surface area contributed by atoms with Gasteiger partial charge in [0.1, 0.15) is 6.04 Å².